The largest absolute Gasteiger partial charge is 0.615 e. The molecule has 24 nitrogen and oxygen atoms in total. The van der Waals surface area contributed by atoms with E-state index < -0.39 is 140 Å². The zero-order valence-corrected chi connectivity index (χ0v) is 44.0. The van der Waals surface area contributed by atoms with Crippen LogP contribution < -0.4 is 0 Å². The molecule has 6 fully saturated rings. The highest BCUT2D eigenvalue weighted by Gasteiger charge is 2.55. The van der Waals surface area contributed by atoms with Gasteiger partial charge >= 0.3 is 87.7 Å². The molecular weight excluding hydrogens is 922 g/mol. The van der Waals surface area contributed by atoms with Gasteiger partial charge in [0.15, 0.2) is 0 Å². The minimum absolute atomic E-state index is 0.00509. The summed E-state index contributed by atoms with van der Waals surface area (Å²) in [6.45, 7) is 32.1. The maximum absolute atomic E-state index is 6.37. The van der Waals surface area contributed by atoms with Crippen molar-refractivity contribution in [3.63, 3.8) is 0 Å². The number of fused-ring (bicyclic) bond motifs is 8. The van der Waals surface area contributed by atoms with Gasteiger partial charge in [-0.1, -0.05) is 20.8 Å². The molecule has 0 aromatic heterocycles. The molecule has 6 unspecified atom stereocenters. The van der Waals surface area contributed by atoms with Crippen molar-refractivity contribution >= 4 is 87.7 Å². The number of hydrogen-bond donors (Lipinski definition) is 0. The Hall–Kier alpha value is -0.181. The van der Waals surface area contributed by atoms with Gasteiger partial charge in [0.05, 0.1) is 61.0 Å². The van der Waals surface area contributed by atoms with Crippen molar-refractivity contribution in [1.29, 1.82) is 0 Å². The van der Waals surface area contributed by atoms with Gasteiger partial charge in [0, 0.05) is 24.7 Å². The Kier molecular flexibility index (Phi) is 21.7. The predicted octanol–water partition coefficient (Wildman–Crippen LogP) is 2.83. The molecule has 6 rings (SSSR count). The van der Waals surface area contributed by atoms with Crippen LogP contribution in [0.2, 0.25) is 5.31 Å². The Labute approximate surface area is 419 Å². The van der Waals surface area contributed by atoms with Crippen LogP contribution in [0.1, 0.15) is 137 Å². The van der Waals surface area contributed by atoms with E-state index in [-0.39, 0.29) is 38.4 Å². The standard InChI is InChI=1S/C34H70B12O24/c1-24(2)50-32(12,13)18-25(3)51-42-67-44-56-30(8)23-49-38-64-41(53-27(5)20-34(16,17)58-46(69-42)70-44)68-45(65-38)57-33(14,15)19-26(4)52-40-62-37-48-22-28(6)54-39-60-35(31(9,10)11)59-36(61-39)47-21-29(7)55-43(63-37)66-40/h24-30H,18-23H2,1-17H3. The Morgan fingerprint density at radius 1 is 0.471 bits per heavy atom. The summed E-state index contributed by atoms with van der Waals surface area (Å²) in [5.41, 5.74) is -2.31. The summed E-state index contributed by atoms with van der Waals surface area (Å²) < 4.78 is 144. The van der Waals surface area contributed by atoms with Crippen LogP contribution in [0.15, 0.2) is 0 Å². The van der Waals surface area contributed by atoms with E-state index in [4.69, 9.17) is 111 Å². The van der Waals surface area contributed by atoms with Crippen LogP contribution in [0.4, 0.5) is 0 Å². The molecule has 6 heterocycles. The highest BCUT2D eigenvalue weighted by Crippen LogP contribution is 2.33. The zero-order valence-electron chi connectivity index (χ0n) is 44.0. The molecule has 6 aliphatic heterocycles. The van der Waals surface area contributed by atoms with Gasteiger partial charge in [-0.25, -0.2) is 0 Å². The average molecular weight is 993 g/mol. The highest BCUT2D eigenvalue weighted by atomic mass is 16.9. The molecule has 0 saturated carbocycles. The van der Waals surface area contributed by atoms with Crippen molar-refractivity contribution in [2.24, 2.45) is 0 Å². The van der Waals surface area contributed by atoms with Gasteiger partial charge in [-0.3, -0.25) is 0 Å². The lowest BCUT2D eigenvalue weighted by Gasteiger charge is -2.37. The summed E-state index contributed by atoms with van der Waals surface area (Å²) in [6.07, 6.45) is -1.97. The number of hydrogen-bond acceptors (Lipinski definition) is 24. The van der Waals surface area contributed by atoms with Crippen LogP contribution in [0.5, 0.6) is 0 Å². The summed E-state index contributed by atoms with van der Waals surface area (Å²) in [5, 5.41) is -0.401. The molecule has 0 amide bonds. The van der Waals surface area contributed by atoms with Crippen LogP contribution in [-0.2, 0) is 111 Å². The first kappa shape index (κ1) is 59.1. The van der Waals surface area contributed by atoms with Gasteiger partial charge < -0.3 is 111 Å². The van der Waals surface area contributed by atoms with Gasteiger partial charge in [-0.2, -0.15) is 0 Å². The van der Waals surface area contributed by atoms with E-state index in [2.05, 4.69) is 0 Å². The smallest absolute Gasteiger partial charge is 0.426 e. The lowest BCUT2D eigenvalue weighted by molar-refractivity contribution is -0.0799. The van der Waals surface area contributed by atoms with Crippen LogP contribution in [0.3, 0.4) is 0 Å². The second-order valence-corrected chi connectivity index (χ2v) is 21.5. The van der Waals surface area contributed by atoms with Crippen molar-refractivity contribution in [2.75, 3.05) is 19.8 Å². The third-order valence-corrected chi connectivity index (χ3v) is 10.6. The Morgan fingerprint density at radius 3 is 1.33 bits per heavy atom. The van der Waals surface area contributed by atoms with Crippen molar-refractivity contribution in [2.45, 2.75) is 202 Å². The van der Waals surface area contributed by atoms with E-state index in [0.29, 0.717) is 12.8 Å². The summed E-state index contributed by atoms with van der Waals surface area (Å²) >= 11 is 0. The lowest BCUT2D eigenvalue weighted by atomic mass is 9.58. The summed E-state index contributed by atoms with van der Waals surface area (Å²) in [6, 6.07) is 0. The van der Waals surface area contributed by atoms with Gasteiger partial charge in [0.1, 0.15) is 0 Å². The quantitative estimate of drug-likeness (QED) is 0.257. The van der Waals surface area contributed by atoms with Crippen LogP contribution >= 0.6 is 0 Å². The van der Waals surface area contributed by atoms with Crippen LogP contribution in [-0.4, -0.2) is 167 Å². The maximum atomic E-state index is 6.37. The first-order valence-corrected chi connectivity index (χ1v) is 24.3. The fraction of sp³-hybridized carbons (Fsp3) is 1.00. The Bertz CT molecular complexity index is 1590. The minimum Gasteiger partial charge on any atom is -0.426 e. The number of rotatable bonds is 12. The molecule has 0 spiro atoms. The molecule has 0 N–H and O–H groups in total. The summed E-state index contributed by atoms with van der Waals surface area (Å²) in [5.74, 6) is 0. The minimum atomic E-state index is -1.32. The fourth-order valence-electron chi connectivity index (χ4n) is 8.06. The van der Waals surface area contributed by atoms with E-state index in [1.54, 1.807) is 20.8 Å². The van der Waals surface area contributed by atoms with Gasteiger partial charge in [-0.05, 0) is 115 Å². The summed E-state index contributed by atoms with van der Waals surface area (Å²) in [4.78, 5) is 0. The van der Waals surface area contributed by atoms with Crippen molar-refractivity contribution in [3.8, 4) is 0 Å². The van der Waals surface area contributed by atoms with Gasteiger partial charge in [0.25, 0.3) is 0 Å². The molecule has 0 aliphatic carbocycles. The van der Waals surface area contributed by atoms with E-state index in [0.717, 1.165) is 0 Å². The Morgan fingerprint density at radius 2 is 0.843 bits per heavy atom. The monoisotopic (exact) mass is 995 g/mol. The second-order valence-electron chi connectivity index (χ2n) is 21.5. The van der Waals surface area contributed by atoms with E-state index in [9.17, 15) is 0 Å². The lowest BCUT2D eigenvalue weighted by Crippen LogP contribution is -2.57. The highest BCUT2D eigenvalue weighted by molar-refractivity contribution is 6.71. The van der Waals surface area contributed by atoms with E-state index in [1.807, 2.05) is 96.9 Å². The SMILES string of the molecule is CC(C)OC(C)(C)CC(C)OB1OB2OB(O1)OC(C)(C)CC(C)OB1OB(OCC(C)O2)OB(OC(C)(C)CC(C)OB2OB3OCC(C)OB4OB(OCC(C)OB(O3)O2)OB(C(C)(C)C)O4)O1. The molecule has 36 heteroatoms. The van der Waals surface area contributed by atoms with Crippen molar-refractivity contribution < 1.29 is 111 Å². The normalized spacial score (nSPS) is 27.7. The first-order chi connectivity index (χ1) is 32.6. The predicted molar refractivity (Wildman–Crippen MR) is 257 cm³/mol. The van der Waals surface area contributed by atoms with Crippen LogP contribution in [0, 0.1) is 0 Å². The molecule has 0 aromatic carbocycles. The average Bonchev–Trinajstić information content (AvgIpc) is 3.18. The third-order valence-electron chi connectivity index (χ3n) is 10.6. The van der Waals surface area contributed by atoms with Gasteiger partial charge in [-0.15, -0.1) is 0 Å². The molecule has 8 bridgehead atoms. The molecule has 0 aromatic rings. The number of ether oxygens (including phenoxy) is 1. The molecule has 386 valence electrons. The fourth-order valence-corrected chi connectivity index (χ4v) is 8.06. The molecule has 6 atom stereocenters. The third kappa shape index (κ3) is 20.1. The molecule has 0 radical (unpaired) electrons. The van der Waals surface area contributed by atoms with Crippen LogP contribution in [0.25, 0.3) is 0 Å². The second kappa shape index (κ2) is 25.8. The molecule has 6 saturated heterocycles. The molecule has 6 aliphatic rings. The topological polar surface area (TPSA) is 222 Å². The maximum Gasteiger partial charge on any atom is 0.615 e. The summed E-state index contributed by atoms with van der Waals surface area (Å²) in [7, 11) is -14.3. The van der Waals surface area contributed by atoms with Crippen molar-refractivity contribution in [3.05, 3.63) is 0 Å². The van der Waals surface area contributed by atoms with E-state index in [1.165, 1.54) is 0 Å². The molecule has 70 heavy (non-hydrogen) atoms. The van der Waals surface area contributed by atoms with Gasteiger partial charge in [0.2, 0.25) is 0 Å². The molecular formula is C34H70B12O24. The zero-order chi connectivity index (χ0) is 51.2. The van der Waals surface area contributed by atoms with Crippen molar-refractivity contribution in [1.82, 2.24) is 0 Å². The Balaban J connectivity index is 1.03. The first-order valence-electron chi connectivity index (χ1n) is 24.3. The van der Waals surface area contributed by atoms with E-state index >= 15 is 0 Å².